The summed E-state index contributed by atoms with van der Waals surface area (Å²) in [4.78, 5) is 15.4. The summed E-state index contributed by atoms with van der Waals surface area (Å²) in [5.41, 5.74) is 6.00. The van der Waals surface area contributed by atoms with Crippen LogP contribution in [0.4, 0.5) is 5.69 Å². The predicted molar refractivity (Wildman–Crippen MR) is 57.1 cm³/mol. The Hall–Kier alpha value is -2.37. The number of hydrogen-bond donors (Lipinski definition) is 1. The van der Waals surface area contributed by atoms with Gasteiger partial charge in [-0.3, -0.25) is 0 Å². The minimum Gasteiger partial charge on any atom is -0.464 e. The normalized spacial score (nSPS) is 10.1. The number of carbonyl (C=O) groups excluding carboxylic acids is 1. The fourth-order valence-corrected chi connectivity index (χ4v) is 1.25. The van der Waals surface area contributed by atoms with Crippen molar-refractivity contribution in [1.82, 2.24) is 14.8 Å². The van der Waals surface area contributed by atoms with Crippen LogP contribution in [0.1, 0.15) is 10.5 Å². The standard InChI is InChI=1S/C10H10N4O2/c1-16-10(15)9-7(11)6-14(13-9)8-4-2-3-5-12-8/h2-6H,11H2,1H3. The minimum atomic E-state index is -0.563. The summed E-state index contributed by atoms with van der Waals surface area (Å²) in [5, 5.41) is 4.01. The molecule has 0 aromatic carbocycles. The maximum absolute atomic E-state index is 11.3. The topological polar surface area (TPSA) is 83.0 Å². The summed E-state index contributed by atoms with van der Waals surface area (Å²) in [6.45, 7) is 0. The van der Waals surface area contributed by atoms with Crippen LogP contribution in [-0.4, -0.2) is 27.8 Å². The van der Waals surface area contributed by atoms with Crippen LogP contribution in [0, 0.1) is 0 Å². The van der Waals surface area contributed by atoms with E-state index in [-0.39, 0.29) is 11.4 Å². The molecule has 82 valence electrons. The molecule has 6 heteroatoms. The largest absolute Gasteiger partial charge is 0.464 e. The van der Waals surface area contributed by atoms with E-state index in [0.29, 0.717) is 5.82 Å². The van der Waals surface area contributed by atoms with Gasteiger partial charge in [0.1, 0.15) is 0 Å². The number of hydrogen-bond acceptors (Lipinski definition) is 5. The summed E-state index contributed by atoms with van der Waals surface area (Å²) in [5.74, 6) is 0.0246. The van der Waals surface area contributed by atoms with Crippen molar-refractivity contribution in [3.63, 3.8) is 0 Å². The van der Waals surface area contributed by atoms with Gasteiger partial charge >= 0.3 is 5.97 Å². The lowest BCUT2D eigenvalue weighted by molar-refractivity contribution is 0.0594. The number of nitrogens with zero attached hydrogens (tertiary/aromatic N) is 3. The zero-order valence-corrected chi connectivity index (χ0v) is 8.62. The molecular weight excluding hydrogens is 208 g/mol. The molecule has 0 aliphatic heterocycles. The predicted octanol–water partition coefficient (Wildman–Crippen LogP) is 0.636. The van der Waals surface area contributed by atoms with Crippen LogP contribution in [0.3, 0.4) is 0 Å². The van der Waals surface area contributed by atoms with Crippen LogP contribution in [0.15, 0.2) is 30.6 Å². The van der Waals surface area contributed by atoms with Crippen molar-refractivity contribution < 1.29 is 9.53 Å². The van der Waals surface area contributed by atoms with Gasteiger partial charge in [0.2, 0.25) is 0 Å². The van der Waals surface area contributed by atoms with Gasteiger partial charge in [-0.25, -0.2) is 14.5 Å². The average Bonchev–Trinajstić information content (AvgIpc) is 2.71. The Labute approximate surface area is 91.7 Å². The Bertz CT molecular complexity index is 507. The zero-order valence-electron chi connectivity index (χ0n) is 8.62. The second kappa shape index (κ2) is 4.01. The van der Waals surface area contributed by atoms with Gasteiger partial charge in [0.05, 0.1) is 19.0 Å². The fourth-order valence-electron chi connectivity index (χ4n) is 1.25. The first kappa shape index (κ1) is 10.2. The molecule has 0 aliphatic carbocycles. The maximum atomic E-state index is 11.3. The second-order valence-electron chi connectivity index (χ2n) is 3.06. The number of nitrogens with two attached hydrogens (primary N) is 1. The molecule has 0 atom stereocenters. The van der Waals surface area contributed by atoms with Crippen molar-refractivity contribution in [1.29, 1.82) is 0 Å². The van der Waals surface area contributed by atoms with E-state index in [2.05, 4.69) is 14.8 Å². The summed E-state index contributed by atoms with van der Waals surface area (Å²) in [6, 6.07) is 5.36. The highest BCUT2D eigenvalue weighted by molar-refractivity contribution is 5.92. The number of ether oxygens (including phenoxy) is 1. The van der Waals surface area contributed by atoms with Crippen LogP contribution in [0.2, 0.25) is 0 Å². The Kier molecular flexibility index (Phi) is 2.55. The van der Waals surface area contributed by atoms with E-state index >= 15 is 0 Å². The lowest BCUT2D eigenvalue weighted by atomic mass is 10.4. The maximum Gasteiger partial charge on any atom is 0.360 e. The first-order chi connectivity index (χ1) is 7.72. The molecule has 0 aliphatic rings. The number of anilines is 1. The Morgan fingerprint density at radius 2 is 2.31 bits per heavy atom. The molecule has 6 nitrogen and oxygen atoms in total. The minimum absolute atomic E-state index is 0.0909. The van der Waals surface area contributed by atoms with Gasteiger partial charge in [0, 0.05) is 6.20 Å². The van der Waals surface area contributed by atoms with Gasteiger partial charge in [0.15, 0.2) is 11.5 Å². The number of nitrogen functional groups attached to an aromatic ring is 1. The molecule has 0 amide bonds. The third-order valence-electron chi connectivity index (χ3n) is 2.01. The third kappa shape index (κ3) is 1.72. The number of esters is 1. The molecule has 0 radical (unpaired) electrons. The molecule has 2 heterocycles. The molecule has 2 N–H and O–H groups in total. The van der Waals surface area contributed by atoms with Crippen molar-refractivity contribution in [3.8, 4) is 5.82 Å². The van der Waals surface area contributed by atoms with E-state index in [1.165, 1.54) is 18.0 Å². The second-order valence-corrected chi connectivity index (χ2v) is 3.06. The number of pyridine rings is 1. The van der Waals surface area contributed by atoms with Gasteiger partial charge in [-0.2, -0.15) is 5.10 Å². The molecule has 0 saturated heterocycles. The zero-order chi connectivity index (χ0) is 11.5. The SMILES string of the molecule is COC(=O)c1nn(-c2ccccn2)cc1N. The van der Waals surface area contributed by atoms with Gasteiger partial charge in [-0.05, 0) is 12.1 Å². The van der Waals surface area contributed by atoms with Crippen molar-refractivity contribution in [2.75, 3.05) is 12.8 Å². The van der Waals surface area contributed by atoms with Gasteiger partial charge in [0.25, 0.3) is 0 Å². The molecule has 0 unspecified atom stereocenters. The molecular formula is C10H10N4O2. The Morgan fingerprint density at radius 3 is 2.94 bits per heavy atom. The third-order valence-corrected chi connectivity index (χ3v) is 2.01. The van der Waals surface area contributed by atoms with Crippen molar-refractivity contribution >= 4 is 11.7 Å². The summed E-state index contributed by atoms with van der Waals surface area (Å²) >= 11 is 0. The van der Waals surface area contributed by atoms with Crippen molar-refractivity contribution in [2.24, 2.45) is 0 Å². The van der Waals surface area contributed by atoms with Crippen LogP contribution >= 0.6 is 0 Å². The Morgan fingerprint density at radius 1 is 1.50 bits per heavy atom. The smallest absolute Gasteiger partial charge is 0.360 e. The van der Waals surface area contributed by atoms with Gasteiger partial charge < -0.3 is 10.5 Å². The lowest BCUT2D eigenvalue weighted by Gasteiger charge is -1.97. The number of carbonyl (C=O) groups is 1. The average molecular weight is 218 g/mol. The van der Waals surface area contributed by atoms with Gasteiger partial charge in [-0.15, -0.1) is 0 Å². The first-order valence-electron chi connectivity index (χ1n) is 4.57. The molecule has 0 spiro atoms. The number of methoxy groups -OCH3 is 1. The highest BCUT2D eigenvalue weighted by Gasteiger charge is 2.15. The molecule has 0 bridgehead atoms. The summed E-state index contributed by atoms with van der Waals surface area (Å²) < 4.78 is 5.98. The quantitative estimate of drug-likeness (QED) is 0.748. The van der Waals surface area contributed by atoms with E-state index in [9.17, 15) is 4.79 Å². The molecule has 16 heavy (non-hydrogen) atoms. The van der Waals surface area contributed by atoms with E-state index in [0.717, 1.165) is 0 Å². The summed E-state index contributed by atoms with van der Waals surface area (Å²) in [7, 11) is 1.28. The molecule has 0 saturated carbocycles. The van der Waals surface area contributed by atoms with Crippen LogP contribution in [0.5, 0.6) is 0 Å². The molecule has 2 rings (SSSR count). The first-order valence-corrected chi connectivity index (χ1v) is 4.57. The van der Waals surface area contributed by atoms with E-state index in [1.807, 2.05) is 6.07 Å². The number of aromatic nitrogens is 3. The molecule has 2 aromatic rings. The Balaban J connectivity index is 2.42. The van der Waals surface area contributed by atoms with Crippen molar-refractivity contribution in [3.05, 3.63) is 36.3 Å². The van der Waals surface area contributed by atoms with E-state index < -0.39 is 5.97 Å². The highest BCUT2D eigenvalue weighted by Crippen LogP contribution is 2.13. The monoisotopic (exact) mass is 218 g/mol. The van der Waals surface area contributed by atoms with Gasteiger partial charge in [-0.1, -0.05) is 6.07 Å². The van der Waals surface area contributed by atoms with Crippen LogP contribution in [0.25, 0.3) is 5.82 Å². The fraction of sp³-hybridized carbons (Fsp3) is 0.100. The highest BCUT2D eigenvalue weighted by atomic mass is 16.5. The lowest BCUT2D eigenvalue weighted by Crippen LogP contribution is -2.06. The molecule has 0 fully saturated rings. The van der Waals surface area contributed by atoms with Crippen LogP contribution in [-0.2, 0) is 4.74 Å². The number of rotatable bonds is 2. The van der Waals surface area contributed by atoms with Crippen molar-refractivity contribution in [2.45, 2.75) is 0 Å². The van der Waals surface area contributed by atoms with Crippen LogP contribution < -0.4 is 5.73 Å². The van der Waals surface area contributed by atoms with E-state index in [1.54, 1.807) is 18.3 Å². The summed E-state index contributed by atoms with van der Waals surface area (Å²) in [6.07, 6.45) is 3.15. The molecule has 2 aromatic heterocycles. The van der Waals surface area contributed by atoms with E-state index in [4.69, 9.17) is 5.73 Å².